The summed E-state index contributed by atoms with van der Waals surface area (Å²) >= 11 is 0. The number of rotatable bonds is 5. The summed E-state index contributed by atoms with van der Waals surface area (Å²) in [6, 6.07) is 7.40. The first-order valence-electron chi connectivity index (χ1n) is 6.80. The molecule has 0 saturated carbocycles. The molecule has 21 heavy (non-hydrogen) atoms. The fourth-order valence-electron chi connectivity index (χ4n) is 2.07. The standard InChI is InChI=1S/C14H19N3O4/c18-13(19)12(10-17-6-8-21-9-7-17)16-14(20)15-11-4-2-1-3-5-11/h1-5,12H,6-10H2,(H,18,19)(H2,15,16,20). The predicted molar refractivity (Wildman–Crippen MR) is 77.3 cm³/mol. The molecule has 0 bridgehead atoms. The molecular weight excluding hydrogens is 274 g/mol. The fraction of sp³-hybridized carbons (Fsp3) is 0.429. The first-order valence-corrected chi connectivity index (χ1v) is 6.80. The van der Waals surface area contributed by atoms with Crippen LogP contribution in [-0.4, -0.2) is 60.9 Å². The van der Waals surface area contributed by atoms with Gasteiger partial charge in [0.15, 0.2) is 0 Å². The minimum Gasteiger partial charge on any atom is -0.480 e. The average molecular weight is 293 g/mol. The number of ether oxygens (including phenoxy) is 1. The molecule has 0 aliphatic carbocycles. The summed E-state index contributed by atoms with van der Waals surface area (Å²) < 4.78 is 5.21. The van der Waals surface area contributed by atoms with Crippen LogP contribution in [0.15, 0.2) is 30.3 Å². The number of hydrogen-bond acceptors (Lipinski definition) is 4. The van der Waals surface area contributed by atoms with Crippen LogP contribution in [-0.2, 0) is 9.53 Å². The number of carbonyl (C=O) groups excluding carboxylic acids is 1. The Morgan fingerprint density at radius 2 is 1.90 bits per heavy atom. The molecule has 1 aliphatic heterocycles. The van der Waals surface area contributed by atoms with Crippen molar-refractivity contribution >= 4 is 17.7 Å². The number of para-hydroxylation sites is 1. The van der Waals surface area contributed by atoms with E-state index in [0.29, 0.717) is 32.0 Å². The quantitative estimate of drug-likeness (QED) is 0.739. The van der Waals surface area contributed by atoms with Crippen molar-refractivity contribution in [1.82, 2.24) is 10.2 Å². The van der Waals surface area contributed by atoms with E-state index < -0.39 is 18.0 Å². The van der Waals surface area contributed by atoms with E-state index >= 15 is 0 Å². The molecule has 1 heterocycles. The highest BCUT2D eigenvalue weighted by molar-refractivity contribution is 5.92. The number of aliphatic carboxylic acids is 1. The molecule has 7 heteroatoms. The topological polar surface area (TPSA) is 90.9 Å². The molecule has 2 amide bonds. The van der Waals surface area contributed by atoms with Crippen molar-refractivity contribution in [2.45, 2.75) is 6.04 Å². The normalized spacial score (nSPS) is 17.0. The molecule has 3 N–H and O–H groups in total. The van der Waals surface area contributed by atoms with Gasteiger partial charge in [0.1, 0.15) is 6.04 Å². The van der Waals surface area contributed by atoms with Crippen molar-refractivity contribution < 1.29 is 19.4 Å². The van der Waals surface area contributed by atoms with E-state index in [0.717, 1.165) is 0 Å². The molecule has 2 rings (SSSR count). The molecular formula is C14H19N3O4. The van der Waals surface area contributed by atoms with Crippen molar-refractivity contribution in [3.05, 3.63) is 30.3 Å². The lowest BCUT2D eigenvalue weighted by Gasteiger charge is -2.29. The van der Waals surface area contributed by atoms with Gasteiger partial charge in [-0.1, -0.05) is 18.2 Å². The van der Waals surface area contributed by atoms with Crippen LogP contribution < -0.4 is 10.6 Å². The van der Waals surface area contributed by atoms with E-state index in [1.807, 2.05) is 11.0 Å². The third-order valence-electron chi connectivity index (χ3n) is 3.18. The molecule has 0 radical (unpaired) electrons. The molecule has 7 nitrogen and oxygen atoms in total. The molecule has 1 aromatic carbocycles. The molecule has 1 aliphatic rings. The highest BCUT2D eigenvalue weighted by Gasteiger charge is 2.24. The molecule has 1 unspecified atom stereocenters. The largest absolute Gasteiger partial charge is 0.480 e. The zero-order chi connectivity index (χ0) is 15.1. The molecule has 0 aromatic heterocycles. The van der Waals surface area contributed by atoms with E-state index in [-0.39, 0.29) is 6.54 Å². The van der Waals surface area contributed by atoms with Gasteiger partial charge in [-0.2, -0.15) is 0 Å². The Morgan fingerprint density at radius 1 is 1.24 bits per heavy atom. The second kappa shape index (κ2) is 7.61. The lowest BCUT2D eigenvalue weighted by molar-refractivity contribution is -0.140. The van der Waals surface area contributed by atoms with Crippen LogP contribution in [0.4, 0.5) is 10.5 Å². The smallest absolute Gasteiger partial charge is 0.327 e. The van der Waals surface area contributed by atoms with Gasteiger partial charge >= 0.3 is 12.0 Å². The average Bonchev–Trinajstić information content (AvgIpc) is 2.48. The first-order chi connectivity index (χ1) is 10.1. The summed E-state index contributed by atoms with van der Waals surface area (Å²) in [5, 5.41) is 14.3. The van der Waals surface area contributed by atoms with Crippen molar-refractivity contribution in [3.8, 4) is 0 Å². The van der Waals surface area contributed by atoms with Crippen molar-refractivity contribution in [2.24, 2.45) is 0 Å². The Morgan fingerprint density at radius 3 is 2.52 bits per heavy atom. The Balaban J connectivity index is 1.86. The predicted octanol–water partition coefficient (Wildman–Crippen LogP) is 0.593. The Bertz CT molecular complexity index is 474. The maximum atomic E-state index is 11.8. The SMILES string of the molecule is O=C(Nc1ccccc1)NC(CN1CCOCC1)C(=O)O. The summed E-state index contributed by atoms with van der Waals surface area (Å²) in [4.78, 5) is 25.1. The van der Waals surface area contributed by atoms with E-state index in [1.165, 1.54) is 0 Å². The molecule has 1 atom stereocenters. The molecule has 1 fully saturated rings. The van der Waals surface area contributed by atoms with Crippen molar-refractivity contribution in [3.63, 3.8) is 0 Å². The first kappa shape index (κ1) is 15.3. The number of carbonyl (C=O) groups is 2. The van der Waals surface area contributed by atoms with Crippen molar-refractivity contribution in [2.75, 3.05) is 38.2 Å². The second-order valence-corrected chi connectivity index (χ2v) is 4.77. The Labute approximate surface area is 122 Å². The number of urea groups is 1. The van der Waals surface area contributed by atoms with Crippen molar-refractivity contribution in [1.29, 1.82) is 0 Å². The van der Waals surface area contributed by atoms with Gasteiger partial charge in [-0.15, -0.1) is 0 Å². The van der Waals surface area contributed by atoms with Crippen LogP contribution in [0.3, 0.4) is 0 Å². The molecule has 114 valence electrons. The zero-order valence-electron chi connectivity index (χ0n) is 11.6. The number of nitrogens with one attached hydrogen (secondary N) is 2. The van der Waals surface area contributed by atoms with E-state index in [2.05, 4.69) is 10.6 Å². The summed E-state index contributed by atoms with van der Waals surface area (Å²) in [6.07, 6.45) is 0. The second-order valence-electron chi connectivity index (χ2n) is 4.77. The van der Waals surface area contributed by atoms with E-state index in [4.69, 9.17) is 4.74 Å². The minimum atomic E-state index is -1.05. The van der Waals surface area contributed by atoms with Crippen LogP contribution in [0.1, 0.15) is 0 Å². The summed E-state index contributed by atoms with van der Waals surface area (Å²) in [6.45, 7) is 2.78. The third kappa shape index (κ3) is 5.05. The highest BCUT2D eigenvalue weighted by Crippen LogP contribution is 2.05. The van der Waals surface area contributed by atoms with Crippen LogP contribution in [0.2, 0.25) is 0 Å². The number of anilines is 1. The zero-order valence-corrected chi connectivity index (χ0v) is 11.6. The van der Waals surface area contributed by atoms with E-state index in [1.54, 1.807) is 24.3 Å². The number of amides is 2. The van der Waals surface area contributed by atoms with Gasteiger partial charge in [0, 0.05) is 25.3 Å². The summed E-state index contributed by atoms with van der Waals surface area (Å²) in [7, 11) is 0. The van der Waals surface area contributed by atoms with Gasteiger partial charge in [-0.3, -0.25) is 4.90 Å². The fourth-order valence-corrected chi connectivity index (χ4v) is 2.07. The third-order valence-corrected chi connectivity index (χ3v) is 3.18. The molecule has 1 aromatic rings. The molecule has 1 saturated heterocycles. The molecule has 0 spiro atoms. The number of benzene rings is 1. The van der Waals surface area contributed by atoms with Crippen LogP contribution in [0, 0.1) is 0 Å². The van der Waals surface area contributed by atoms with Gasteiger partial charge in [0.05, 0.1) is 13.2 Å². The lowest BCUT2D eigenvalue weighted by atomic mass is 10.2. The Kier molecular flexibility index (Phi) is 5.53. The summed E-state index contributed by atoms with van der Waals surface area (Å²) in [5.41, 5.74) is 0.616. The maximum absolute atomic E-state index is 11.8. The number of morpholine rings is 1. The highest BCUT2D eigenvalue weighted by atomic mass is 16.5. The van der Waals surface area contributed by atoms with Gasteiger partial charge in [0.2, 0.25) is 0 Å². The van der Waals surface area contributed by atoms with Gasteiger partial charge < -0.3 is 20.5 Å². The monoisotopic (exact) mass is 293 g/mol. The number of carboxylic acid groups (broad SMARTS) is 1. The number of carboxylic acids is 1. The van der Waals surface area contributed by atoms with Crippen LogP contribution in [0.5, 0.6) is 0 Å². The van der Waals surface area contributed by atoms with Gasteiger partial charge in [0.25, 0.3) is 0 Å². The number of nitrogens with zero attached hydrogens (tertiary/aromatic N) is 1. The van der Waals surface area contributed by atoms with E-state index in [9.17, 15) is 14.7 Å². The Hall–Kier alpha value is -2.12. The van der Waals surface area contributed by atoms with Crippen LogP contribution >= 0.6 is 0 Å². The van der Waals surface area contributed by atoms with Gasteiger partial charge in [-0.25, -0.2) is 9.59 Å². The summed E-state index contributed by atoms with van der Waals surface area (Å²) in [5.74, 6) is -1.05. The number of hydrogen-bond donors (Lipinski definition) is 3. The van der Waals surface area contributed by atoms with Gasteiger partial charge in [-0.05, 0) is 12.1 Å². The lowest BCUT2D eigenvalue weighted by Crippen LogP contribution is -2.51. The van der Waals surface area contributed by atoms with Crippen LogP contribution in [0.25, 0.3) is 0 Å². The minimum absolute atomic E-state index is 0.265. The maximum Gasteiger partial charge on any atom is 0.327 e.